The molecule has 1 N–H and O–H groups in total. The van der Waals surface area contributed by atoms with Crippen molar-refractivity contribution < 1.29 is 4.79 Å². The highest BCUT2D eigenvalue weighted by Gasteiger charge is 2.26. The predicted molar refractivity (Wildman–Crippen MR) is 79.6 cm³/mol. The topological polar surface area (TPSA) is 32.3 Å². The van der Waals surface area contributed by atoms with E-state index in [4.69, 9.17) is 11.6 Å². The van der Waals surface area contributed by atoms with Crippen molar-refractivity contribution >= 4 is 23.2 Å². The molecule has 1 aliphatic heterocycles. The van der Waals surface area contributed by atoms with Gasteiger partial charge in [0, 0.05) is 12.1 Å². The molecule has 0 spiro atoms. The highest BCUT2D eigenvalue weighted by molar-refractivity contribution is 6.33. The summed E-state index contributed by atoms with van der Waals surface area (Å²) in [6.07, 6.45) is 3.60. The van der Waals surface area contributed by atoms with Crippen LogP contribution in [0.4, 0.5) is 5.69 Å². The second-order valence-corrected chi connectivity index (χ2v) is 5.74. The number of amides is 1. The SMILES string of the molecule is CC1CCCC(C)N1CC(=O)Nc1ccccc1Cl. The largest absolute Gasteiger partial charge is 0.324 e. The van der Waals surface area contributed by atoms with Crippen molar-refractivity contribution in [3.63, 3.8) is 0 Å². The Kier molecular flexibility index (Phi) is 4.83. The number of para-hydroxylation sites is 1. The number of likely N-dealkylation sites (tertiary alicyclic amines) is 1. The minimum absolute atomic E-state index is 0.00806. The molecule has 2 rings (SSSR count). The van der Waals surface area contributed by atoms with E-state index in [1.807, 2.05) is 18.2 Å². The van der Waals surface area contributed by atoms with E-state index >= 15 is 0 Å². The molecule has 19 heavy (non-hydrogen) atoms. The Morgan fingerprint density at radius 3 is 2.58 bits per heavy atom. The number of hydrogen-bond donors (Lipinski definition) is 1. The van der Waals surface area contributed by atoms with Crippen LogP contribution in [0.1, 0.15) is 33.1 Å². The average Bonchev–Trinajstić information content (AvgIpc) is 2.37. The van der Waals surface area contributed by atoms with Crippen molar-refractivity contribution in [2.24, 2.45) is 0 Å². The van der Waals surface area contributed by atoms with E-state index < -0.39 is 0 Å². The molecule has 1 aromatic rings. The zero-order chi connectivity index (χ0) is 13.8. The summed E-state index contributed by atoms with van der Waals surface area (Å²) < 4.78 is 0. The Hall–Kier alpha value is -1.06. The molecular formula is C15H21ClN2O. The number of carbonyl (C=O) groups is 1. The number of anilines is 1. The maximum Gasteiger partial charge on any atom is 0.238 e. The first kappa shape index (κ1) is 14.4. The van der Waals surface area contributed by atoms with Gasteiger partial charge in [-0.25, -0.2) is 0 Å². The van der Waals surface area contributed by atoms with Gasteiger partial charge in [-0.1, -0.05) is 30.2 Å². The van der Waals surface area contributed by atoms with Gasteiger partial charge in [0.2, 0.25) is 5.91 Å². The van der Waals surface area contributed by atoms with Crippen LogP contribution in [-0.4, -0.2) is 29.4 Å². The third-order valence-electron chi connectivity index (χ3n) is 3.85. The molecular weight excluding hydrogens is 260 g/mol. The van der Waals surface area contributed by atoms with Gasteiger partial charge in [0.05, 0.1) is 17.3 Å². The molecule has 0 aromatic heterocycles. The lowest BCUT2D eigenvalue weighted by molar-refractivity contribution is -0.118. The maximum atomic E-state index is 12.1. The van der Waals surface area contributed by atoms with Gasteiger partial charge in [0.1, 0.15) is 0 Å². The summed E-state index contributed by atoms with van der Waals surface area (Å²) in [6.45, 7) is 4.82. The van der Waals surface area contributed by atoms with Crippen molar-refractivity contribution in [2.45, 2.75) is 45.2 Å². The predicted octanol–water partition coefficient (Wildman–Crippen LogP) is 3.54. The first-order valence-corrected chi connectivity index (χ1v) is 7.26. The highest BCUT2D eigenvalue weighted by atomic mass is 35.5. The standard InChI is InChI=1S/C15H21ClN2O/c1-11-6-5-7-12(2)18(11)10-15(19)17-14-9-4-3-8-13(14)16/h3-4,8-9,11-12H,5-7,10H2,1-2H3,(H,17,19). The van der Waals surface area contributed by atoms with Gasteiger partial charge in [-0.2, -0.15) is 0 Å². The van der Waals surface area contributed by atoms with E-state index in [1.165, 1.54) is 19.3 Å². The molecule has 4 heteroatoms. The second kappa shape index (κ2) is 6.40. The van der Waals surface area contributed by atoms with Crippen LogP contribution < -0.4 is 5.32 Å². The third-order valence-corrected chi connectivity index (χ3v) is 4.18. The molecule has 1 aliphatic rings. The van der Waals surface area contributed by atoms with Gasteiger partial charge >= 0.3 is 0 Å². The molecule has 1 fully saturated rings. The zero-order valence-electron chi connectivity index (χ0n) is 11.5. The van der Waals surface area contributed by atoms with Crippen LogP contribution in [0.15, 0.2) is 24.3 Å². The maximum absolute atomic E-state index is 12.1. The quantitative estimate of drug-likeness (QED) is 0.918. The summed E-state index contributed by atoms with van der Waals surface area (Å²) in [7, 11) is 0. The van der Waals surface area contributed by atoms with Gasteiger partial charge in [-0.3, -0.25) is 9.69 Å². The molecule has 1 heterocycles. The summed E-state index contributed by atoms with van der Waals surface area (Å²) >= 11 is 6.04. The van der Waals surface area contributed by atoms with E-state index in [9.17, 15) is 4.79 Å². The number of halogens is 1. The summed E-state index contributed by atoms with van der Waals surface area (Å²) in [6, 6.07) is 8.27. The molecule has 0 radical (unpaired) electrons. The van der Waals surface area contributed by atoms with Crippen molar-refractivity contribution in [1.82, 2.24) is 4.90 Å². The van der Waals surface area contributed by atoms with Crippen LogP contribution in [0.25, 0.3) is 0 Å². The molecule has 0 aliphatic carbocycles. The van der Waals surface area contributed by atoms with E-state index in [2.05, 4.69) is 24.1 Å². The number of piperidine rings is 1. The number of benzene rings is 1. The van der Waals surface area contributed by atoms with Crippen molar-refractivity contribution in [3.05, 3.63) is 29.3 Å². The number of hydrogen-bond acceptors (Lipinski definition) is 2. The number of nitrogens with one attached hydrogen (secondary N) is 1. The summed E-state index contributed by atoms with van der Waals surface area (Å²) in [5.74, 6) is 0.00806. The van der Waals surface area contributed by atoms with E-state index in [0.717, 1.165) is 0 Å². The molecule has 0 saturated carbocycles. The highest BCUT2D eigenvalue weighted by Crippen LogP contribution is 2.23. The van der Waals surface area contributed by atoms with E-state index in [0.29, 0.717) is 29.3 Å². The van der Waals surface area contributed by atoms with Gasteiger partial charge in [-0.15, -0.1) is 0 Å². The fraction of sp³-hybridized carbons (Fsp3) is 0.533. The first-order chi connectivity index (χ1) is 9.08. The number of carbonyl (C=O) groups excluding carboxylic acids is 1. The molecule has 1 saturated heterocycles. The van der Waals surface area contributed by atoms with Crippen LogP contribution in [0.2, 0.25) is 5.02 Å². The van der Waals surface area contributed by atoms with Crippen LogP contribution in [0.3, 0.4) is 0 Å². The van der Waals surface area contributed by atoms with Crippen molar-refractivity contribution in [1.29, 1.82) is 0 Å². The van der Waals surface area contributed by atoms with Crippen LogP contribution in [0.5, 0.6) is 0 Å². The van der Waals surface area contributed by atoms with Gasteiger partial charge in [-0.05, 0) is 38.8 Å². The summed E-state index contributed by atoms with van der Waals surface area (Å²) in [5, 5.41) is 3.47. The minimum atomic E-state index is 0.00806. The fourth-order valence-electron chi connectivity index (χ4n) is 2.70. The third kappa shape index (κ3) is 3.71. The smallest absolute Gasteiger partial charge is 0.238 e. The molecule has 2 unspecified atom stereocenters. The van der Waals surface area contributed by atoms with Gasteiger partial charge < -0.3 is 5.32 Å². The van der Waals surface area contributed by atoms with Crippen molar-refractivity contribution in [3.8, 4) is 0 Å². The Morgan fingerprint density at radius 2 is 1.95 bits per heavy atom. The normalized spacial score (nSPS) is 24.2. The molecule has 104 valence electrons. The summed E-state index contributed by atoms with van der Waals surface area (Å²) in [5.41, 5.74) is 0.687. The van der Waals surface area contributed by atoms with Crippen LogP contribution >= 0.6 is 11.6 Å². The van der Waals surface area contributed by atoms with E-state index in [1.54, 1.807) is 6.07 Å². The van der Waals surface area contributed by atoms with Crippen LogP contribution in [0, 0.1) is 0 Å². The zero-order valence-corrected chi connectivity index (χ0v) is 12.3. The lowest BCUT2D eigenvalue weighted by Gasteiger charge is -2.38. The van der Waals surface area contributed by atoms with Crippen molar-refractivity contribution in [2.75, 3.05) is 11.9 Å². The lowest BCUT2D eigenvalue weighted by atomic mass is 9.97. The molecule has 1 amide bonds. The van der Waals surface area contributed by atoms with Gasteiger partial charge in [0.15, 0.2) is 0 Å². The fourth-order valence-corrected chi connectivity index (χ4v) is 2.89. The number of nitrogens with zero attached hydrogens (tertiary/aromatic N) is 1. The Morgan fingerprint density at radius 1 is 1.32 bits per heavy atom. The minimum Gasteiger partial charge on any atom is -0.324 e. The molecule has 3 nitrogen and oxygen atoms in total. The van der Waals surface area contributed by atoms with E-state index in [-0.39, 0.29) is 5.91 Å². The monoisotopic (exact) mass is 280 g/mol. The summed E-state index contributed by atoms with van der Waals surface area (Å²) in [4.78, 5) is 14.4. The average molecular weight is 281 g/mol. The molecule has 1 aromatic carbocycles. The second-order valence-electron chi connectivity index (χ2n) is 5.33. The Bertz CT molecular complexity index is 440. The number of rotatable bonds is 3. The Labute approximate surface area is 119 Å². The Balaban J connectivity index is 1.96. The molecule has 0 bridgehead atoms. The first-order valence-electron chi connectivity index (χ1n) is 6.88. The van der Waals surface area contributed by atoms with Crippen LogP contribution in [-0.2, 0) is 4.79 Å². The lowest BCUT2D eigenvalue weighted by Crippen LogP contribution is -2.47. The molecule has 2 atom stereocenters. The van der Waals surface area contributed by atoms with Gasteiger partial charge in [0.25, 0.3) is 0 Å².